The minimum Gasteiger partial charge on any atom is -0.331 e. The third kappa shape index (κ3) is 3.93. The molecular formula is C22H21ClN4O2. The Morgan fingerprint density at radius 3 is 2.59 bits per heavy atom. The van der Waals surface area contributed by atoms with Crippen molar-refractivity contribution in [2.24, 2.45) is 0 Å². The Morgan fingerprint density at radius 1 is 1.17 bits per heavy atom. The number of hydrogen-bond acceptors (Lipinski definition) is 5. The summed E-state index contributed by atoms with van der Waals surface area (Å²) in [6.45, 7) is 2.85. The molecule has 1 unspecified atom stereocenters. The minimum atomic E-state index is -0.111. The Balaban J connectivity index is 1.74. The van der Waals surface area contributed by atoms with Gasteiger partial charge < -0.3 is 4.90 Å². The van der Waals surface area contributed by atoms with Gasteiger partial charge in [-0.15, -0.1) is 0 Å². The zero-order chi connectivity index (χ0) is 20.4. The summed E-state index contributed by atoms with van der Waals surface area (Å²) in [4.78, 5) is 36.5. The number of ketones is 1. The first-order valence-corrected chi connectivity index (χ1v) is 10.0. The Morgan fingerprint density at radius 2 is 1.90 bits per heavy atom. The summed E-state index contributed by atoms with van der Waals surface area (Å²) in [5.41, 5.74) is 1.89. The summed E-state index contributed by atoms with van der Waals surface area (Å²) < 4.78 is 1.66. The SMILES string of the molecule is CCC1CCn2c(nc(-c3ccncc3)cc2=O)N1CC(=O)c1ccc(Cl)cc1. The number of nitrogens with zero attached hydrogens (tertiary/aromatic N) is 4. The molecule has 0 amide bonds. The molecule has 0 radical (unpaired) electrons. The van der Waals surface area contributed by atoms with Gasteiger partial charge in [0.2, 0.25) is 5.95 Å². The zero-order valence-corrected chi connectivity index (χ0v) is 16.8. The predicted molar refractivity (Wildman–Crippen MR) is 114 cm³/mol. The number of carbonyl (C=O) groups excluding carboxylic acids is 1. The second-order valence-electron chi connectivity index (χ2n) is 7.08. The van der Waals surface area contributed by atoms with E-state index in [4.69, 9.17) is 16.6 Å². The molecule has 2 aromatic heterocycles. The second kappa shape index (κ2) is 8.17. The largest absolute Gasteiger partial charge is 0.331 e. The molecule has 148 valence electrons. The topological polar surface area (TPSA) is 68.1 Å². The molecule has 0 spiro atoms. The lowest BCUT2D eigenvalue weighted by atomic mass is 10.0. The quantitative estimate of drug-likeness (QED) is 0.600. The molecule has 0 fully saturated rings. The molecule has 1 aliphatic rings. The van der Waals surface area contributed by atoms with E-state index in [2.05, 4.69) is 11.9 Å². The zero-order valence-electron chi connectivity index (χ0n) is 16.1. The van der Waals surface area contributed by atoms with Crippen LogP contribution in [0.4, 0.5) is 5.95 Å². The number of hydrogen-bond donors (Lipinski definition) is 0. The number of fused-ring (bicyclic) bond motifs is 1. The van der Waals surface area contributed by atoms with Gasteiger partial charge in [0.15, 0.2) is 5.78 Å². The van der Waals surface area contributed by atoms with E-state index in [9.17, 15) is 9.59 Å². The average Bonchev–Trinajstić information content (AvgIpc) is 2.75. The minimum absolute atomic E-state index is 0.0304. The lowest BCUT2D eigenvalue weighted by Crippen LogP contribution is -2.47. The van der Waals surface area contributed by atoms with E-state index >= 15 is 0 Å². The first-order valence-electron chi connectivity index (χ1n) is 9.64. The van der Waals surface area contributed by atoms with Crippen LogP contribution in [0.3, 0.4) is 0 Å². The molecule has 6 nitrogen and oxygen atoms in total. The maximum absolute atomic E-state index is 12.9. The van der Waals surface area contributed by atoms with Crippen molar-refractivity contribution in [1.82, 2.24) is 14.5 Å². The Hall–Kier alpha value is -2.99. The van der Waals surface area contributed by atoms with Gasteiger partial charge in [0.05, 0.1) is 12.2 Å². The molecule has 0 bridgehead atoms. The molecule has 1 atom stereocenters. The Bertz CT molecular complexity index is 1080. The molecular weight excluding hydrogens is 388 g/mol. The van der Waals surface area contributed by atoms with Crippen LogP contribution in [0.15, 0.2) is 59.7 Å². The van der Waals surface area contributed by atoms with Crippen LogP contribution in [0, 0.1) is 0 Å². The van der Waals surface area contributed by atoms with Crippen molar-refractivity contribution in [1.29, 1.82) is 0 Å². The summed E-state index contributed by atoms with van der Waals surface area (Å²) >= 11 is 5.94. The second-order valence-corrected chi connectivity index (χ2v) is 7.51. The highest BCUT2D eigenvalue weighted by Crippen LogP contribution is 2.26. The summed E-state index contributed by atoms with van der Waals surface area (Å²) in [5, 5.41) is 0.589. The highest BCUT2D eigenvalue weighted by atomic mass is 35.5. The molecule has 0 N–H and O–H groups in total. The fraction of sp³-hybridized carbons (Fsp3) is 0.273. The molecule has 1 aromatic carbocycles. The third-order valence-corrected chi connectivity index (χ3v) is 5.55. The van der Waals surface area contributed by atoms with Crippen molar-refractivity contribution in [3.63, 3.8) is 0 Å². The molecule has 3 heterocycles. The molecule has 0 saturated heterocycles. The predicted octanol–water partition coefficient (Wildman–Crippen LogP) is 3.83. The van der Waals surface area contributed by atoms with E-state index < -0.39 is 0 Å². The van der Waals surface area contributed by atoms with Crippen LogP contribution in [0.5, 0.6) is 0 Å². The Labute approximate surface area is 173 Å². The van der Waals surface area contributed by atoms with Crippen LogP contribution >= 0.6 is 11.6 Å². The lowest BCUT2D eigenvalue weighted by molar-refractivity contribution is 0.0994. The van der Waals surface area contributed by atoms with Crippen molar-refractivity contribution in [2.45, 2.75) is 32.4 Å². The molecule has 29 heavy (non-hydrogen) atoms. The fourth-order valence-electron chi connectivity index (χ4n) is 3.70. The summed E-state index contributed by atoms with van der Waals surface area (Å²) in [7, 11) is 0. The van der Waals surface area contributed by atoms with Crippen molar-refractivity contribution >= 4 is 23.3 Å². The van der Waals surface area contributed by atoms with Gasteiger partial charge in [0.25, 0.3) is 5.56 Å². The van der Waals surface area contributed by atoms with Crippen LogP contribution in [0.25, 0.3) is 11.3 Å². The Kier molecular flexibility index (Phi) is 5.45. The average molecular weight is 409 g/mol. The number of anilines is 1. The van der Waals surface area contributed by atoms with E-state index in [1.165, 1.54) is 0 Å². The third-order valence-electron chi connectivity index (χ3n) is 5.30. The highest BCUT2D eigenvalue weighted by Gasteiger charge is 2.29. The van der Waals surface area contributed by atoms with Crippen molar-refractivity contribution in [2.75, 3.05) is 11.4 Å². The standard InChI is InChI=1S/C22H21ClN4O2/c1-2-18-9-12-26-21(29)13-19(15-7-10-24-11-8-15)25-22(26)27(18)14-20(28)16-3-5-17(23)6-4-16/h3-8,10-11,13,18H,2,9,12,14H2,1H3. The van der Waals surface area contributed by atoms with E-state index in [-0.39, 0.29) is 23.9 Å². The van der Waals surface area contributed by atoms with Crippen molar-refractivity contribution < 1.29 is 4.79 Å². The fourth-order valence-corrected chi connectivity index (χ4v) is 3.82. The molecule has 1 aliphatic heterocycles. The van der Waals surface area contributed by atoms with E-state index in [0.717, 1.165) is 18.4 Å². The van der Waals surface area contributed by atoms with Gasteiger partial charge in [-0.1, -0.05) is 18.5 Å². The number of Topliss-reactive ketones (excluding diaryl/α,β-unsaturated/α-hetero) is 1. The van der Waals surface area contributed by atoms with Gasteiger partial charge in [-0.2, -0.15) is 0 Å². The number of rotatable bonds is 5. The first-order chi connectivity index (χ1) is 14.1. The number of pyridine rings is 1. The van der Waals surface area contributed by atoms with Gasteiger partial charge in [-0.05, 0) is 49.2 Å². The molecule has 4 rings (SSSR count). The lowest BCUT2D eigenvalue weighted by Gasteiger charge is -2.37. The van der Waals surface area contributed by atoms with E-state index in [1.807, 2.05) is 17.0 Å². The maximum Gasteiger partial charge on any atom is 0.255 e. The van der Waals surface area contributed by atoms with Crippen molar-refractivity contribution in [3.8, 4) is 11.3 Å². The summed E-state index contributed by atoms with van der Waals surface area (Å²) in [6, 6.07) is 12.2. The number of carbonyl (C=O) groups is 1. The van der Waals surface area contributed by atoms with E-state index in [0.29, 0.717) is 28.8 Å². The molecule has 0 aliphatic carbocycles. The van der Waals surface area contributed by atoms with Gasteiger partial charge in [-0.3, -0.25) is 19.1 Å². The van der Waals surface area contributed by atoms with Gasteiger partial charge >= 0.3 is 0 Å². The number of benzene rings is 1. The molecule has 7 heteroatoms. The highest BCUT2D eigenvalue weighted by molar-refractivity contribution is 6.30. The maximum atomic E-state index is 12.9. The smallest absolute Gasteiger partial charge is 0.255 e. The molecule has 0 saturated carbocycles. The summed E-state index contributed by atoms with van der Waals surface area (Å²) in [5.74, 6) is 0.516. The van der Waals surface area contributed by atoms with Crippen LogP contribution in [0.1, 0.15) is 30.1 Å². The van der Waals surface area contributed by atoms with Crippen molar-refractivity contribution in [3.05, 3.63) is 75.8 Å². The summed E-state index contributed by atoms with van der Waals surface area (Å²) in [6.07, 6.45) is 5.01. The number of halogens is 1. The monoisotopic (exact) mass is 408 g/mol. The van der Waals surface area contributed by atoms with Gasteiger partial charge in [0.1, 0.15) is 0 Å². The molecule has 3 aromatic rings. The van der Waals surface area contributed by atoms with Crippen LogP contribution in [0.2, 0.25) is 5.02 Å². The van der Waals surface area contributed by atoms with Crippen LogP contribution < -0.4 is 10.5 Å². The normalized spacial score (nSPS) is 15.8. The van der Waals surface area contributed by atoms with Gasteiger partial charge in [0, 0.05) is 47.2 Å². The number of aromatic nitrogens is 3. The van der Waals surface area contributed by atoms with E-state index in [1.54, 1.807) is 47.3 Å². The van der Waals surface area contributed by atoms with Gasteiger partial charge in [-0.25, -0.2) is 4.98 Å². The van der Waals surface area contributed by atoms with Crippen LogP contribution in [-0.2, 0) is 6.54 Å². The van der Waals surface area contributed by atoms with Crippen LogP contribution in [-0.4, -0.2) is 32.9 Å². The first kappa shape index (κ1) is 19.3.